The van der Waals surface area contributed by atoms with Crippen molar-refractivity contribution in [2.24, 2.45) is 0 Å². The van der Waals surface area contributed by atoms with Crippen molar-refractivity contribution in [2.75, 3.05) is 13.2 Å². The second-order valence-corrected chi connectivity index (χ2v) is 2.82. The summed E-state index contributed by atoms with van der Waals surface area (Å²) in [5.74, 6) is -0.380. The van der Waals surface area contributed by atoms with E-state index in [0.717, 1.165) is 0 Å². The minimum Gasteiger partial charge on any atom is -0.457 e. The number of carbonyl (C=O) groups excluding carboxylic acids is 1. The normalized spacial score (nSPS) is 11.8. The molecule has 3 heteroatoms. The van der Waals surface area contributed by atoms with Crippen LogP contribution in [-0.4, -0.2) is 25.3 Å². The molecule has 0 aromatic rings. The van der Waals surface area contributed by atoms with E-state index >= 15 is 0 Å². The van der Waals surface area contributed by atoms with Gasteiger partial charge in [0, 0.05) is 5.57 Å². The first-order valence-electron chi connectivity index (χ1n) is 4.13. The van der Waals surface area contributed by atoms with Crippen LogP contribution in [0.5, 0.6) is 0 Å². The zero-order valence-electron chi connectivity index (χ0n) is 8.21. The molecule has 0 N–H and O–H groups in total. The lowest BCUT2D eigenvalue weighted by atomic mass is 10.3. The molecule has 0 bridgehead atoms. The van der Waals surface area contributed by atoms with Crippen LogP contribution in [0.3, 0.4) is 0 Å². The number of carbonyl (C=O) groups is 1. The number of rotatable bonds is 6. The van der Waals surface area contributed by atoms with Gasteiger partial charge in [0.1, 0.15) is 6.10 Å². The number of hydrogen-bond acceptors (Lipinski definition) is 3. The van der Waals surface area contributed by atoms with E-state index in [2.05, 4.69) is 13.2 Å². The number of hydrogen-bond donors (Lipinski definition) is 0. The van der Waals surface area contributed by atoms with Gasteiger partial charge in [0.25, 0.3) is 0 Å². The van der Waals surface area contributed by atoms with E-state index < -0.39 is 0 Å². The molecule has 0 amide bonds. The van der Waals surface area contributed by atoms with Crippen molar-refractivity contribution in [3.63, 3.8) is 0 Å². The van der Waals surface area contributed by atoms with Crippen LogP contribution >= 0.6 is 0 Å². The van der Waals surface area contributed by atoms with E-state index in [4.69, 9.17) is 9.47 Å². The van der Waals surface area contributed by atoms with Gasteiger partial charge in [0.2, 0.25) is 0 Å². The van der Waals surface area contributed by atoms with Crippen LogP contribution in [0.2, 0.25) is 0 Å². The van der Waals surface area contributed by atoms with Gasteiger partial charge in [-0.15, -0.1) is 6.58 Å². The summed E-state index contributed by atoms with van der Waals surface area (Å²) in [5.41, 5.74) is 0.399. The molecule has 0 aliphatic carbocycles. The molecule has 0 aromatic carbocycles. The number of esters is 1. The quantitative estimate of drug-likeness (QED) is 0.273. The van der Waals surface area contributed by atoms with Gasteiger partial charge >= 0.3 is 5.97 Å². The first-order chi connectivity index (χ1) is 6.07. The predicted molar refractivity (Wildman–Crippen MR) is 51.4 cm³/mol. The SMILES string of the molecule is C=CCOCC(C)OC(=O)C(=C)C. The molecule has 0 spiro atoms. The highest BCUT2D eigenvalue weighted by Gasteiger charge is 2.09. The molecule has 0 aliphatic heterocycles. The molecule has 0 rings (SSSR count). The fraction of sp³-hybridized carbons (Fsp3) is 0.500. The van der Waals surface area contributed by atoms with Crippen molar-refractivity contribution in [3.05, 3.63) is 24.8 Å². The summed E-state index contributed by atoms with van der Waals surface area (Å²) in [6.07, 6.45) is 1.40. The van der Waals surface area contributed by atoms with Crippen LogP contribution in [0.1, 0.15) is 13.8 Å². The maximum atomic E-state index is 11.0. The lowest BCUT2D eigenvalue weighted by molar-refractivity contribution is -0.145. The second kappa shape index (κ2) is 6.43. The average Bonchev–Trinajstić information content (AvgIpc) is 2.04. The maximum Gasteiger partial charge on any atom is 0.333 e. The molecule has 1 atom stereocenters. The summed E-state index contributed by atoms with van der Waals surface area (Å²) in [6, 6.07) is 0. The second-order valence-electron chi connectivity index (χ2n) is 2.82. The molecule has 0 saturated carbocycles. The van der Waals surface area contributed by atoms with Crippen molar-refractivity contribution in [2.45, 2.75) is 20.0 Å². The van der Waals surface area contributed by atoms with Gasteiger partial charge < -0.3 is 9.47 Å². The van der Waals surface area contributed by atoms with Crippen LogP contribution < -0.4 is 0 Å². The molecule has 0 fully saturated rings. The molecule has 0 aromatic heterocycles. The third-order valence-corrected chi connectivity index (χ3v) is 1.24. The summed E-state index contributed by atoms with van der Waals surface area (Å²) < 4.78 is 10.1. The zero-order chi connectivity index (χ0) is 10.3. The van der Waals surface area contributed by atoms with Crippen LogP contribution in [0.4, 0.5) is 0 Å². The van der Waals surface area contributed by atoms with Gasteiger partial charge in [-0.1, -0.05) is 12.7 Å². The smallest absolute Gasteiger partial charge is 0.333 e. The first-order valence-corrected chi connectivity index (χ1v) is 4.13. The monoisotopic (exact) mass is 184 g/mol. The van der Waals surface area contributed by atoms with E-state index in [-0.39, 0.29) is 12.1 Å². The largest absolute Gasteiger partial charge is 0.457 e. The van der Waals surface area contributed by atoms with Crippen molar-refractivity contribution in [1.29, 1.82) is 0 Å². The lowest BCUT2D eigenvalue weighted by Crippen LogP contribution is -2.20. The van der Waals surface area contributed by atoms with Crippen molar-refractivity contribution >= 4 is 5.97 Å². The summed E-state index contributed by atoms with van der Waals surface area (Å²) in [4.78, 5) is 11.0. The van der Waals surface area contributed by atoms with Crippen LogP contribution in [0.25, 0.3) is 0 Å². The molecular formula is C10H16O3. The van der Waals surface area contributed by atoms with Crippen molar-refractivity contribution < 1.29 is 14.3 Å². The van der Waals surface area contributed by atoms with E-state index in [9.17, 15) is 4.79 Å². The van der Waals surface area contributed by atoms with E-state index in [1.807, 2.05) is 0 Å². The van der Waals surface area contributed by atoms with Crippen molar-refractivity contribution in [3.8, 4) is 0 Å². The molecule has 74 valence electrons. The third kappa shape index (κ3) is 6.11. The summed E-state index contributed by atoms with van der Waals surface area (Å²) in [7, 11) is 0. The highest BCUT2D eigenvalue weighted by atomic mass is 16.6. The fourth-order valence-corrected chi connectivity index (χ4v) is 0.635. The maximum absolute atomic E-state index is 11.0. The predicted octanol–water partition coefficient (Wildman–Crippen LogP) is 1.70. The Kier molecular flexibility index (Phi) is 5.89. The standard InChI is InChI=1S/C10H16O3/c1-5-6-12-7-9(4)13-10(11)8(2)3/h5,9H,1-2,6-7H2,3-4H3. The van der Waals surface area contributed by atoms with Gasteiger partial charge in [0.05, 0.1) is 13.2 Å². The molecule has 1 unspecified atom stereocenters. The van der Waals surface area contributed by atoms with Crippen LogP contribution in [0.15, 0.2) is 24.8 Å². The Labute approximate surface area is 79.0 Å². The van der Waals surface area contributed by atoms with Crippen LogP contribution in [0, 0.1) is 0 Å². The Morgan fingerprint density at radius 1 is 1.62 bits per heavy atom. The summed E-state index contributed by atoms with van der Waals surface area (Å²) >= 11 is 0. The van der Waals surface area contributed by atoms with Gasteiger partial charge in [-0.2, -0.15) is 0 Å². The van der Waals surface area contributed by atoms with Gasteiger partial charge in [-0.25, -0.2) is 4.79 Å². The summed E-state index contributed by atoms with van der Waals surface area (Å²) in [6.45, 7) is 11.2. The molecule has 0 aliphatic rings. The molecule has 0 heterocycles. The molecule has 13 heavy (non-hydrogen) atoms. The Morgan fingerprint density at radius 2 is 2.23 bits per heavy atom. The highest BCUT2D eigenvalue weighted by molar-refractivity contribution is 5.87. The van der Waals surface area contributed by atoms with Gasteiger partial charge in [-0.05, 0) is 13.8 Å². The average molecular weight is 184 g/mol. The molecule has 3 nitrogen and oxygen atoms in total. The zero-order valence-corrected chi connectivity index (χ0v) is 8.21. The molecule has 0 saturated heterocycles. The third-order valence-electron chi connectivity index (χ3n) is 1.24. The lowest BCUT2D eigenvalue weighted by Gasteiger charge is -2.12. The van der Waals surface area contributed by atoms with Crippen molar-refractivity contribution in [1.82, 2.24) is 0 Å². The van der Waals surface area contributed by atoms with Gasteiger partial charge in [0.15, 0.2) is 0 Å². The van der Waals surface area contributed by atoms with Crippen LogP contribution in [-0.2, 0) is 14.3 Å². The van der Waals surface area contributed by atoms with E-state index in [1.165, 1.54) is 0 Å². The Balaban J connectivity index is 3.61. The Hall–Kier alpha value is -1.09. The Morgan fingerprint density at radius 3 is 2.69 bits per heavy atom. The minimum absolute atomic E-state index is 0.246. The Bertz CT molecular complexity index is 196. The topological polar surface area (TPSA) is 35.5 Å². The van der Waals surface area contributed by atoms with E-state index in [0.29, 0.717) is 18.8 Å². The first kappa shape index (κ1) is 11.9. The number of ether oxygens (including phenoxy) is 2. The summed E-state index contributed by atoms with van der Waals surface area (Å²) in [5, 5.41) is 0. The van der Waals surface area contributed by atoms with E-state index in [1.54, 1.807) is 19.9 Å². The highest BCUT2D eigenvalue weighted by Crippen LogP contribution is 1.98. The molecule has 0 radical (unpaired) electrons. The molecular weight excluding hydrogens is 168 g/mol. The minimum atomic E-state index is -0.380. The van der Waals surface area contributed by atoms with Gasteiger partial charge in [-0.3, -0.25) is 0 Å². The fourth-order valence-electron chi connectivity index (χ4n) is 0.635.